The SMILES string of the molecule is CCN(C(=O)C(C)(C)C(=O)N(C)c1ccccc1)c1ccccc1. The summed E-state index contributed by atoms with van der Waals surface area (Å²) in [5.74, 6) is -0.433. The van der Waals surface area contributed by atoms with Gasteiger partial charge in [0.2, 0.25) is 11.8 Å². The lowest BCUT2D eigenvalue weighted by atomic mass is 9.89. The Labute approximate surface area is 143 Å². The molecule has 0 radical (unpaired) electrons. The molecule has 2 aromatic carbocycles. The molecule has 0 aromatic heterocycles. The monoisotopic (exact) mass is 324 g/mol. The van der Waals surface area contributed by atoms with Crippen LogP contribution in [0.4, 0.5) is 11.4 Å². The number of anilines is 2. The highest BCUT2D eigenvalue weighted by Gasteiger charge is 2.41. The third-order valence-corrected chi connectivity index (χ3v) is 4.15. The van der Waals surface area contributed by atoms with Crippen molar-refractivity contribution in [2.24, 2.45) is 5.41 Å². The van der Waals surface area contributed by atoms with E-state index in [2.05, 4.69) is 0 Å². The molecule has 2 aromatic rings. The van der Waals surface area contributed by atoms with E-state index in [1.165, 1.54) is 4.90 Å². The van der Waals surface area contributed by atoms with E-state index in [0.717, 1.165) is 11.4 Å². The third-order valence-electron chi connectivity index (χ3n) is 4.15. The summed E-state index contributed by atoms with van der Waals surface area (Å²) in [6.07, 6.45) is 0. The summed E-state index contributed by atoms with van der Waals surface area (Å²) < 4.78 is 0. The smallest absolute Gasteiger partial charge is 0.242 e. The molecule has 2 amide bonds. The van der Waals surface area contributed by atoms with Crippen molar-refractivity contribution in [1.82, 2.24) is 0 Å². The molecule has 4 heteroatoms. The first-order chi connectivity index (χ1) is 11.4. The summed E-state index contributed by atoms with van der Waals surface area (Å²) in [5.41, 5.74) is 0.413. The average Bonchev–Trinajstić information content (AvgIpc) is 2.62. The van der Waals surface area contributed by atoms with Gasteiger partial charge in [0.15, 0.2) is 0 Å². The van der Waals surface area contributed by atoms with Crippen LogP contribution in [-0.2, 0) is 9.59 Å². The van der Waals surface area contributed by atoms with Crippen molar-refractivity contribution < 1.29 is 9.59 Å². The van der Waals surface area contributed by atoms with Crippen molar-refractivity contribution in [3.8, 4) is 0 Å². The minimum Gasteiger partial charge on any atom is -0.315 e. The molecule has 0 saturated heterocycles. The predicted octanol–water partition coefficient (Wildman–Crippen LogP) is 3.73. The maximum absolute atomic E-state index is 13.1. The molecule has 2 rings (SSSR count). The number of carbonyl (C=O) groups is 2. The van der Waals surface area contributed by atoms with Crippen LogP contribution in [0.3, 0.4) is 0 Å². The van der Waals surface area contributed by atoms with E-state index in [4.69, 9.17) is 0 Å². The van der Waals surface area contributed by atoms with Gasteiger partial charge >= 0.3 is 0 Å². The molecule has 0 saturated carbocycles. The van der Waals surface area contributed by atoms with Crippen molar-refractivity contribution in [2.75, 3.05) is 23.4 Å². The van der Waals surface area contributed by atoms with Crippen molar-refractivity contribution in [3.63, 3.8) is 0 Å². The van der Waals surface area contributed by atoms with Crippen LogP contribution in [-0.4, -0.2) is 25.4 Å². The predicted molar refractivity (Wildman–Crippen MR) is 98.1 cm³/mol. The Bertz CT molecular complexity index is 696. The second kappa shape index (κ2) is 7.30. The zero-order valence-corrected chi connectivity index (χ0v) is 14.7. The van der Waals surface area contributed by atoms with Crippen molar-refractivity contribution in [2.45, 2.75) is 20.8 Å². The molecule has 0 aliphatic rings. The highest BCUT2D eigenvalue weighted by Crippen LogP contribution is 2.27. The summed E-state index contributed by atoms with van der Waals surface area (Å²) in [4.78, 5) is 29.2. The fraction of sp³-hybridized carbons (Fsp3) is 0.300. The standard InChI is InChI=1S/C20H24N2O2/c1-5-22(17-14-10-7-11-15-17)19(24)20(2,3)18(23)21(4)16-12-8-6-9-13-16/h6-15H,5H2,1-4H3. The van der Waals surface area contributed by atoms with Crippen LogP contribution in [0.15, 0.2) is 60.7 Å². The van der Waals surface area contributed by atoms with Gasteiger partial charge in [-0.05, 0) is 45.0 Å². The van der Waals surface area contributed by atoms with E-state index in [9.17, 15) is 9.59 Å². The minimum atomic E-state index is -1.16. The van der Waals surface area contributed by atoms with Crippen LogP contribution in [0.1, 0.15) is 20.8 Å². The molecule has 0 aliphatic carbocycles. The van der Waals surface area contributed by atoms with Gasteiger partial charge in [0.1, 0.15) is 5.41 Å². The number of hydrogen-bond donors (Lipinski definition) is 0. The van der Waals surface area contributed by atoms with E-state index in [-0.39, 0.29) is 11.8 Å². The van der Waals surface area contributed by atoms with E-state index in [1.807, 2.05) is 67.6 Å². The Kier molecular flexibility index (Phi) is 5.39. The first-order valence-corrected chi connectivity index (χ1v) is 8.09. The lowest BCUT2D eigenvalue weighted by molar-refractivity contribution is -0.137. The maximum Gasteiger partial charge on any atom is 0.242 e. The van der Waals surface area contributed by atoms with Crippen LogP contribution < -0.4 is 9.80 Å². The molecule has 0 atom stereocenters. The normalized spacial score (nSPS) is 11.0. The van der Waals surface area contributed by atoms with Gasteiger partial charge in [0.25, 0.3) is 0 Å². The van der Waals surface area contributed by atoms with Gasteiger partial charge in [-0.3, -0.25) is 9.59 Å². The largest absolute Gasteiger partial charge is 0.315 e. The van der Waals surface area contributed by atoms with Gasteiger partial charge in [-0.1, -0.05) is 36.4 Å². The van der Waals surface area contributed by atoms with Gasteiger partial charge in [0.05, 0.1) is 0 Å². The second-order valence-corrected chi connectivity index (χ2v) is 6.21. The molecule has 126 valence electrons. The summed E-state index contributed by atoms with van der Waals surface area (Å²) in [6.45, 7) is 5.78. The highest BCUT2D eigenvalue weighted by molar-refractivity contribution is 6.15. The molecule has 0 heterocycles. The fourth-order valence-electron chi connectivity index (χ4n) is 2.67. The Balaban J connectivity index is 2.27. The maximum atomic E-state index is 13.1. The van der Waals surface area contributed by atoms with Gasteiger partial charge in [0, 0.05) is 25.0 Å². The number of rotatable bonds is 5. The van der Waals surface area contributed by atoms with Crippen molar-refractivity contribution in [3.05, 3.63) is 60.7 Å². The molecule has 0 N–H and O–H groups in total. The quantitative estimate of drug-likeness (QED) is 0.786. The van der Waals surface area contributed by atoms with Crippen LogP contribution in [0.25, 0.3) is 0 Å². The van der Waals surface area contributed by atoms with E-state index in [1.54, 1.807) is 25.8 Å². The zero-order valence-electron chi connectivity index (χ0n) is 14.7. The Hall–Kier alpha value is -2.62. The van der Waals surface area contributed by atoms with Gasteiger partial charge in [-0.15, -0.1) is 0 Å². The van der Waals surface area contributed by atoms with Crippen LogP contribution >= 0.6 is 0 Å². The number of amides is 2. The molecular formula is C20H24N2O2. The van der Waals surface area contributed by atoms with E-state index < -0.39 is 5.41 Å². The summed E-state index contributed by atoms with van der Waals surface area (Å²) in [5, 5.41) is 0. The van der Waals surface area contributed by atoms with Crippen LogP contribution in [0, 0.1) is 5.41 Å². The average molecular weight is 324 g/mol. The topological polar surface area (TPSA) is 40.6 Å². The first kappa shape index (κ1) is 17.7. The van der Waals surface area contributed by atoms with Crippen LogP contribution in [0.2, 0.25) is 0 Å². The third kappa shape index (κ3) is 3.48. The summed E-state index contributed by atoms with van der Waals surface area (Å²) in [7, 11) is 1.70. The second-order valence-electron chi connectivity index (χ2n) is 6.21. The minimum absolute atomic E-state index is 0.205. The Morgan fingerprint density at radius 1 is 0.833 bits per heavy atom. The first-order valence-electron chi connectivity index (χ1n) is 8.09. The molecule has 0 bridgehead atoms. The highest BCUT2D eigenvalue weighted by atomic mass is 16.2. The fourth-order valence-corrected chi connectivity index (χ4v) is 2.67. The number of para-hydroxylation sites is 2. The zero-order chi connectivity index (χ0) is 17.7. The van der Waals surface area contributed by atoms with E-state index in [0.29, 0.717) is 6.54 Å². The number of carbonyl (C=O) groups excluding carboxylic acids is 2. The van der Waals surface area contributed by atoms with Gasteiger partial charge < -0.3 is 9.80 Å². The van der Waals surface area contributed by atoms with Crippen molar-refractivity contribution >= 4 is 23.2 Å². The van der Waals surface area contributed by atoms with Crippen LogP contribution in [0.5, 0.6) is 0 Å². The molecule has 0 aliphatic heterocycles. The van der Waals surface area contributed by atoms with E-state index >= 15 is 0 Å². The lowest BCUT2D eigenvalue weighted by Crippen LogP contribution is -2.50. The Morgan fingerprint density at radius 2 is 1.29 bits per heavy atom. The lowest BCUT2D eigenvalue weighted by Gasteiger charge is -2.33. The molecular weight excluding hydrogens is 300 g/mol. The summed E-state index contributed by atoms with van der Waals surface area (Å²) >= 11 is 0. The van der Waals surface area contributed by atoms with Gasteiger partial charge in [-0.25, -0.2) is 0 Å². The molecule has 24 heavy (non-hydrogen) atoms. The molecule has 4 nitrogen and oxygen atoms in total. The number of hydrogen-bond acceptors (Lipinski definition) is 2. The number of benzene rings is 2. The van der Waals surface area contributed by atoms with Gasteiger partial charge in [-0.2, -0.15) is 0 Å². The summed E-state index contributed by atoms with van der Waals surface area (Å²) in [6, 6.07) is 18.8. The Morgan fingerprint density at radius 3 is 1.75 bits per heavy atom. The molecule has 0 unspecified atom stereocenters. The molecule has 0 fully saturated rings. The number of nitrogens with zero attached hydrogens (tertiary/aromatic N) is 2. The van der Waals surface area contributed by atoms with Crippen molar-refractivity contribution in [1.29, 1.82) is 0 Å². The molecule has 0 spiro atoms.